The van der Waals surface area contributed by atoms with E-state index in [0.29, 0.717) is 0 Å². The minimum Gasteiger partial charge on any atom is -0.385 e. The summed E-state index contributed by atoms with van der Waals surface area (Å²) in [5, 5.41) is 3.64. The molecule has 4 nitrogen and oxygen atoms in total. The summed E-state index contributed by atoms with van der Waals surface area (Å²) in [6.07, 6.45) is 6.95. The van der Waals surface area contributed by atoms with Crippen molar-refractivity contribution in [3.63, 3.8) is 0 Å². The van der Waals surface area contributed by atoms with Crippen LogP contribution in [0.5, 0.6) is 0 Å². The zero-order valence-corrected chi connectivity index (χ0v) is 24.0. The molecule has 1 aliphatic rings. The second-order valence-corrected chi connectivity index (χ2v) is 12.2. The highest BCUT2D eigenvalue weighted by Crippen LogP contribution is 2.27. The Balaban J connectivity index is 1.11. The van der Waals surface area contributed by atoms with Crippen LogP contribution in [0.1, 0.15) is 52.0 Å². The van der Waals surface area contributed by atoms with Crippen LogP contribution >= 0.6 is 11.8 Å². The standard InChI is InChI=1S/C32H44N4S/c1-26-24-28(14-15-31(26)35-19-21-36(22-20-35)32(2,3)4)33-17-10-5-6-11-23-37-29-16-18-34-30(25-29)27-12-8-7-9-13-27/h7-9,12-16,18,24-25,33H,5-6,10-11,17,19-23H2,1-4H3. The van der Waals surface area contributed by atoms with E-state index < -0.39 is 0 Å². The number of hydrogen-bond donors (Lipinski definition) is 1. The van der Waals surface area contributed by atoms with Crippen molar-refractivity contribution in [2.75, 3.05) is 48.7 Å². The average molecular weight is 517 g/mol. The SMILES string of the molecule is Cc1cc(NCCCCCCSc2ccnc(-c3ccccc3)c2)ccc1N1CCN(C(C)(C)C)CC1. The smallest absolute Gasteiger partial charge is 0.0713 e. The van der Waals surface area contributed by atoms with Gasteiger partial charge in [-0.15, -0.1) is 11.8 Å². The number of anilines is 2. The van der Waals surface area contributed by atoms with Crippen molar-refractivity contribution in [2.24, 2.45) is 0 Å². The molecule has 4 rings (SSSR count). The summed E-state index contributed by atoms with van der Waals surface area (Å²) >= 11 is 1.94. The lowest BCUT2D eigenvalue weighted by Gasteiger charge is -2.43. The maximum Gasteiger partial charge on any atom is 0.0713 e. The summed E-state index contributed by atoms with van der Waals surface area (Å²) in [5.41, 5.74) is 6.51. The number of pyridine rings is 1. The maximum atomic E-state index is 4.53. The molecular weight excluding hydrogens is 472 g/mol. The predicted octanol–water partition coefficient (Wildman–Crippen LogP) is 7.74. The molecule has 1 aliphatic heterocycles. The Bertz CT molecular complexity index is 1100. The number of benzene rings is 2. The molecule has 0 spiro atoms. The van der Waals surface area contributed by atoms with Gasteiger partial charge in [-0.25, -0.2) is 0 Å². The summed E-state index contributed by atoms with van der Waals surface area (Å²) in [6, 6.07) is 21.6. The van der Waals surface area contributed by atoms with Crippen molar-refractivity contribution in [3.8, 4) is 11.3 Å². The summed E-state index contributed by atoms with van der Waals surface area (Å²) in [6.45, 7) is 14.7. The van der Waals surface area contributed by atoms with Crippen LogP contribution in [0.2, 0.25) is 0 Å². The Morgan fingerprint density at radius 1 is 0.865 bits per heavy atom. The largest absolute Gasteiger partial charge is 0.385 e. The number of thioether (sulfide) groups is 1. The molecule has 0 bridgehead atoms. The fourth-order valence-corrected chi connectivity index (χ4v) is 5.95. The van der Waals surface area contributed by atoms with Crippen LogP contribution in [0, 0.1) is 6.92 Å². The van der Waals surface area contributed by atoms with Crippen LogP contribution in [-0.4, -0.2) is 53.9 Å². The third-order valence-corrected chi connectivity index (χ3v) is 8.32. The second-order valence-electron chi connectivity index (χ2n) is 11.1. The van der Waals surface area contributed by atoms with Gasteiger partial charge in [-0.2, -0.15) is 0 Å². The number of nitrogens with one attached hydrogen (secondary N) is 1. The van der Waals surface area contributed by atoms with Crippen LogP contribution in [0.25, 0.3) is 11.3 Å². The van der Waals surface area contributed by atoms with Crippen LogP contribution in [0.4, 0.5) is 11.4 Å². The Labute approximate surface area is 228 Å². The summed E-state index contributed by atoms with van der Waals surface area (Å²) in [7, 11) is 0. The highest BCUT2D eigenvalue weighted by atomic mass is 32.2. The lowest BCUT2D eigenvalue weighted by molar-refractivity contribution is 0.128. The Kier molecular flexibility index (Phi) is 9.93. The average Bonchev–Trinajstić information content (AvgIpc) is 2.90. The summed E-state index contributed by atoms with van der Waals surface area (Å²) in [5.74, 6) is 1.16. The van der Waals surface area contributed by atoms with E-state index in [9.17, 15) is 0 Å². The highest BCUT2D eigenvalue weighted by molar-refractivity contribution is 7.99. The number of rotatable bonds is 11. The molecule has 0 atom stereocenters. The molecule has 3 aromatic rings. The van der Waals surface area contributed by atoms with Gasteiger partial charge >= 0.3 is 0 Å². The van der Waals surface area contributed by atoms with E-state index in [0.717, 1.165) is 44.2 Å². The first-order valence-corrected chi connectivity index (χ1v) is 14.9. The number of nitrogens with zero attached hydrogens (tertiary/aromatic N) is 3. The van der Waals surface area contributed by atoms with Crippen molar-refractivity contribution < 1.29 is 0 Å². The van der Waals surface area contributed by atoms with Gasteiger partial charge in [0.25, 0.3) is 0 Å². The maximum absolute atomic E-state index is 4.53. The van der Waals surface area contributed by atoms with Gasteiger partial charge in [-0.3, -0.25) is 9.88 Å². The number of piperazine rings is 1. The molecule has 0 amide bonds. The van der Waals surface area contributed by atoms with Gasteiger partial charge in [0.1, 0.15) is 0 Å². The van der Waals surface area contributed by atoms with Gasteiger partial charge in [0.2, 0.25) is 0 Å². The molecule has 1 saturated heterocycles. The number of unbranched alkanes of at least 4 members (excludes halogenated alkanes) is 3. The molecule has 198 valence electrons. The molecule has 37 heavy (non-hydrogen) atoms. The van der Waals surface area contributed by atoms with Crippen molar-refractivity contribution in [1.82, 2.24) is 9.88 Å². The van der Waals surface area contributed by atoms with Gasteiger partial charge in [0.05, 0.1) is 5.69 Å². The van der Waals surface area contributed by atoms with Gasteiger partial charge in [0, 0.05) is 66.3 Å². The van der Waals surface area contributed by atoms with E-state index in [1.807, 2.05) is 24.0 Å². The van der Waals surface area contributed by atoms with E-state index in [4.69, 9.17) is 0 Å². The molecule has 5 heteroatoms. The van der Waals surface area contributed by atoms with E-state index in [1.165, 1.54) is 53.1 Å². The molecule has 1 aromatic heterocycles. The molecule has 1 fully saturated rings. The molecule has 2 heterocycles. The van der Waals surface area contributed by atoms with Gasteiger partial charge in [0.15, 0.2) is 0 Å². The first-order valence-electron chi connectivity index (χ1n) is 13.9. The van der Waals surface area contributed by atoms with Crippen LogP contribution in [0.3, 0.4) is 0 Å². The van der Waals surface area contributed by atoms with Crippen molar-refractivity contribution in [2.45, 2.75) is 63.8 Å². The topological polar surface area (TPSA) is 31.4 Å². The van der Waals surface area contributed by atoms with E-state index in [1.54, 1.807) is 0 Å². The lowest BCUT2D eigenvalue weighted by atomic mass is 10.0. The molecular formula is C32H44N4S. The third-order valence-electron chi connectivity index (χ3n) is 7.24. The summed E-state index contributed by atoms with van der Waals surface area (Å²) in [4.78, 5) is 11.0. The van der Waals surface area contributed by atoms with Gasteiger partial charge in [-0.1, -0.05) is 43.2 Å². The van der Waals surface area contributed by atoms with E-state index >= 15 is 0 Å². The molecule has 1 N–H and O–H groups in total. The molecule has 0 unspecified atom stereocenters. The number of hydrogen-bond acceptors (Lipinski definition) is 5. The first-order chi connectivity index (χ1) is 17.9. The van der Waals surface area contributed by atoms with Crippen LogP contribution in [-0.2, 0) is 0 Å². The normalized spacial score (nSPS) is 14.6. The quantitative estimate of drug-likeness (QED) is 0.208. The first kappa shape index (κ1) is 27.5. The molecule has 0 aliphatic carbocycles. The van der Waals surface area contributed by atoms with Crippen molar-refractivity contribution >= 4 is 23.1 Å². The minimum absolute atomic E-state index is 0.264. The molecule has 0 radical (unpaired) electrons. The molecule has 2 aromatic carbocycles. The summed E-state index contributed by atoms with van der Waals surface area (Å²) < 4.78 is 0. The zero-order valence-electron chi connectivity index (χ0n) is 23.2. The lowest BCUT2D eigenvalue weighted by Crippen LogP contribution is -2.53. The van der Waals surface area contributed by atoms with Gasteiger partial charge < -0.3 is 10.2 Å². The Hall–Kier alpha value is -2.50. The number of aromatic nitrogens is 1. The predicted molar refractivity (Wildman–Crippen MR) is 162 cm³/mol. The Morgan fingerprint density at radius 3 is 2.35 bits per heavy atom. The second kappa shape index (κ2) is 13.3. The fourth-order valence-electron chi connectivity index (χ4n) is 5.01. The van der Waals surface area contributed by atoms with Crippen molar-refractivity contribution in [3.05, 3.63) is 72.4 Å². The molecule has 0 saturated carbocycles. The van der Waals surface area contributed by atoms with Crippen molar-refractivity contribution in [1.29, 1.82) is 0 Å². The monoisotopic (exact) mass is 516 g/mol. The Morgan fingerprint density at radius 2 is 1.62 bits per heavy atom. The zero-order chi connectivity index (χ0) is 26.1. The van der Waals surface area contributed by atoms with Crippen LogP contribution < -0.4 is 10.2 Å². The fraction of sp³-hybridized carbons (Fsp3) is 0.469. The van der Waals surface area contributed by atoms with Gasteiger partial charge in [-0.05, 0) is 82.2 Å². The van der Waals surface area contributed by atoms with E-state index in [-0.39, 0.29) is 5.54 Å². The van der Waals surface area contributed by atoms with E-state index in [2.05, 4.69) is 102 Å². The third kappa shape index (κ3) is 8.24. The highest BCUT2D eigenvalue weighted by Gasteiger charge is 2.26. The minimum atomic E-state index is 0.264. The number of aryl methyl sites for hydroxylation is 1. The van der Waals surface area contributed by atoms with Crippen LogP contribution in [0.15, 0.2) is 71.8 Å².